The van der Waals surface area contributed by atoms with Crippen LogP contribution in [0.4, 0.5) is 0 Å². The summed E-state index contributed by atoms with van der Waals surface area (Å²) in [5.74, 6) is 0. The zero-order valence-corrected chi connectivity index (χ0v) is 11.3. The van der Waals surface area contributed by atoms with Crippen LogP contribution in [0.15, 0.2) is 35.4 Å². The van der Waals surface area contributed by atoms with Crippen LogP contribution in [0.3, 0.4) is 0 Å². The van der Waals surface area contributed by atoms with Gasteiger partial charge in [-0.15, -0.1) is 0 Å². The third kappa shape index (κ3) is 1.63. The minimum Gasteiger partial charge on any atom is -0.327 e. The van der Waals surface area contributed by atoms with Crippen molar-refractivity contribution < 1.29 is 0 Å². The number of hydrogen-bond donors (Lipinski definition) is 0. The molecule has 2 heterocycles. The molecule has 4 heteroatoms. The summed E-state index contributed by atoms with van der Waals surface area (Å²) in [6, 6.07) is 8.65. The van der Waals surface area contributed by atoms with Crippen molar-refractivity contribution in [3.05, 3.63) is 40.1 Å². The molecule has 1 aliphatic rings. The van der Waals surface area contributed by atoms with Gasteiger partial charge in [-0.05, 0) is 18.9 Å². The van der Waals surface area contributed by atoms with Crippen molar-refractivity contribution in [1.29, 1.82) is 0 Å². The number of fused-ring (bicyclic) bond motifs is 3. The molecule has 1 aromatic carbocycles. The van der Waals surface area contributed by atoms with Crippen LogP contribution in [0.25, 0.3) is 21.1 Å². The maximum absolute atomic E-state index is 12.2. The lowest BCUT2D eigenvalue weighted by Gasteiger charge is -2.13. The van der Waals surface area contributed by atoms with Crippen molar-refractivity contribution in [1.82, 2.24) is 9.55 Å². The molecule has 4 rings (SSSR count). The van der Waals surface area contributed by atoms with E-state index >= 15 is 0 Å². The van der Waals surface area contributed by atoms with Gasteiger partial charge in [0.05, 0.1) is 11.8 Å². The molecule has 0 unspecified atom stereocenters. The third-order valence-electron chi connectivity index (χ3n) is 4.05. The Labute approximate surface area is 114 Å². The molecule has 1 saturated carbocycles. The molecule has 3 nitrogen and oxygen atoms in total. The quantitative estimate of drug-likeness (QED) is 0.675. The maximum atomic E-state index is 12.2. The molecule has 96 valence electrons. The highest BCUT2D eigenvalue weighted by Crippen LogP contribution is 2.34. The lowest BCUT2D eigenvalue weighted by Crippen LogP contribution is -2.04. The van der Waals surface area contributed by atoms with Crippen LogP contribution in [0, 0.1) is 0 Å². The molecule has 0 atom stereocenters. The number of imidazole rings is 1. The Morgan fingerprint density at radius 3 is 2.84 bits per heavy atom. The standard InChI is InChI=1S/C15H14N2OS/c18-15-13-14(11-7-3-4-8-12(11)19-15)17(9-16-13)10-5-1-2-6-10/h3-4,7-10H,1-2,5-6H2. The van der Waals surface area contributed by atoms with Gasteiger partial charge in [0.15, 0.2) is 0 Å². The largest absolute Gasteiger partial charge is 0.327 e. The molecule has 1 fully saturated rings. The first-order valence-electron chi connectivity index (χ1n) is 6.73. The first-order valence-corrected chi connectivity index (χ1v) is 7.54. The number of nitrogens with zero attached hydrogens (tertiary/aromatic N) is 2. The van der Waals surface area contributed by atoms with Gasteiger partial charge >= 0.3 is 0 Å². The Hall–Kier alpha value is -1.68. The van der Waals surface area contributed by atoms with Gasteiger partial charge in [0.2, 0.25) is 0 Å². The second-order valence-corrected chi connectivity index (χ2v) is 6.19. The highest BCUT2D eigenvalue weighted by Gasteiger charge is 2.21. The molecule has 0 radical (unpaired) electrons. The van der Waals surface area contributed by atoms with E-state index < -0.39 is 0 Å². The van der Waals surface area contributed by atoms with E-state index in [1.54, 1.807) is 0 Å². The van der Waals surface area contributed by atoms with E-state index in [-0.39, 0.29) is 4.74 Å². The van der Waals surface area contributed by atoms with Crippen molar-refractivity contribution in [3.63, 3.8) is 0 Å². The van der Waals surface area contributed by atoms with E-state index in [1.165, 1.54) is 37.0 Å². The Balaban J connectivity index is 2.12. The van der Waals surface area contributed by atoms with E-state index in [4.69, 9.17) is 0 Å². The molecule has 0 N–H and O–H groups in total. The van der Waals surface area contributed by atoms with Gasteiger partial charge in [-0.3, -0.25) is 4.79 Å². The van der Waals surface area contributed by atoms with Gasteiger partial charge in [-0.2, -0.15) is 0 Å². The van der Waals surface area contributed by atoms with Gasteiger partial charge in [0, 0.05) is 16.1 Å². The second-order valence-electron chi connectivity index (χ2n) is 5.17. The normalized spacial score (nSPS) is 16.6. The van der Waals surface area contributed by atoms with Crippen LogP contribution in [-0.2, 0) is 0 Å². The Bertz CT molecular complexity index is 812. The first-order chi connectivity index (χ1) is 9.34. The van der Waals surface area contributed by atoms with Crippen LogP contribution in [0.5, 0.6) is 0 Å². The molecular weight excluding hydrogens is 256 g/mol. The van der Waals surface area contributed by atoms with E-state index in [9.17, 15) is 4.79 Å². The smallest absolute Gasteiger partial charge is 0.260 e. The summed E-state index contributed by atoms with van der Waals surface area (Å²) < 4.78 is 3.36. The van der Waals surface area contributed by atoms with E-state index in [1.807, 2.05) is 24.5 Å². The average molecular weight is 270 g/mol. The van der Waals surface area contributed by atoms with E-state index in [0.29, 0.717) is 11.6 Å². The lowest BCUT2D eigenvalue weighted by molar-refractivity contribution is 0.533. The summed E-state index contributed by atoms with van der Waals surface area (Å²) in [5.41, 5.74) is 1.67. The summed E-state index contributed by atoms with van der Waals surface area (Å²) in [6.45, 7) is 0. The Kier molecular flexibility index (Phi) is 2.45. The van der Waals surface area contributed by atoms with Crippen LogP contribution in [0.1, 0.15) is 31.7 Å². The molecule has 1 aliphatic carbocycles. The molecule has 2 aromatic heterocycles. The highest BCUT2D eigenvalue weighted by atomic mass is 32.1. The minimum atomic E-state index is 0.0745. The number of benzene rings is 1. The van der Waals surface area contributed by atoms with Gasteiger partial charge in [-0.1, -0.05) is 42.4 Å². The predicted molar refractivity (Wildman–Crippen MR) is 78.9 cm³/mol. The average Bonchev–Trinajstić information content (AvgIpc) is 3.08. The van der Waals surface area contributed by atoms with Crippen molar-refractivity contribution in [2.45, 2.75) is 31.7 Å². The summed E-state index contributed by atoms with van der Waals surface area (Å²) >= 11 is 1.30. The van der Waals surface area contributed by atoms with Gasteiger partial charge < -0.3 is 4.57 Å². The first kappa shape index (κ1) is 11.2. The topological polar surface area (TPSA) is 34.9 Å². The molecule has 19 heavy (non-hydrogen) atoms. The monoisotopic (exact) mass is 270 g/mol. The Morgan fingerprint density at radius 1 is 1.21 bits per heavy atom. The fraction of sp³-hybridized carbons (Fsp3) is 0.333. The molecule has 0 amide bonds. The van der Waals surface area contributed by atoms with Gasteiger partial charge in [-0.25, -0.2) is 4.98 Å². The van der Waals surface area contributed by atoms with Crippen molar-refractivity contribution >= 4 is 32.5 Å². The molecular formula is C15H14N2OS. The second kappa shape index (κ2) is 4.17. The zero-order valence-electron chi connectivity index (χ0n) is 10.5. The fourth-order valence-electron chi connectivity index (χ4n) is 3.14. The molecule has 0 spiro atoms. The summed E-state index contributed by atoms with van der Waals surface area (Å²) in [6.07, 6.45) is 6.82. The highest BCUT2D eigenvalue weighted by molar-refractivity contribution is 7.16. The minimum absolute atomic E-state index is 0.0745. The summed E-state index contributed by atoms with van der Waals surface area (Å²) in [4.78, 5) is 16.5. The van der Waals surface area contributed by atoms with Crippen molar-refractivity contribution in [2.75, 3.05) is 0 Å². The SMILES string of the molecule is O=c1sc2ccccc2c2c1ncn2C1CCCC1. The molecule has 0 aliphatic heterocycles. The predicted octanol–water partition coefficient (Wildman–Crippen LogP) is 3.73. The third-order valence-corrected chi connectivity index (χ3v) is 5.00. The maximum Gasteiger partial charge on any atom is 0.260 e. The fourth-order valence-corrected chi connectivity index (χ4v) is 4.00. The van der Waals surface area contributed by atoms with E-state index in [0.717, 1.165) is 15.6 Å². The van der Waals surface area contributed by atoms with Crippen LogP contribution in [-0.4, -0.2) is 9.55 Å². The number of hydrogen-bond acceptors (Lipinski definition) is 3. The van der Waals surface area contributed by atoms with Gasteiger partial charge in [0.25, 0.3) is 4.74 Å². The molecule has 3 aromatic rings. The van der Waals surface area contributed by atoms with E-state index in [2.05, 4.69) is 15.6 Å². The summed E-state index contributed by atoms with van der Waals surface area (Å²) in [7, 11) is 0. The van der Waals surface area contributed by atoms with Crippen molar-refractivity contribution in [2.24, 2.45) is 0 Å². The number of aromatic nitrogens is 2. The lowest BCUT2D eigenvalue weighted by atomic mass is 10.2. The van der Waals surface area contributed by atoms with Crippen LogP contribution >= 0.6 is 11.3 Å². The Morgan fingerprint density at radius 2 is 2.00 bits per heavy atom. The number of rotatable bonds is 1. The molecule has 0 saturated heterocycles. The van der Waals surface area contributed by atoms with Crippen molar-refractivity contribution in [3.8, 4) is 0 Å². The zero-order chi connectivity index (χ0) is 12.8. The molecule has 0 bridgehead atoms. The van der Waals surface area contributed by atoms with Crippen LogP contribution < -0.4 is 4.74 Å². The summed E-state index contributed by atoms with van der Waals surface area (Å²) in [5, 5.41) is 1.16. The van der Waals surface area contributed by atoms with Crippen LogP contribution in [0.2, 0.25) is 0 Å². The van der Waals surface area contributed by atoms with Gasteiger partial charge in [0.1, 0.15) is 5.52 Å².